The number of carbonyl (C=O) groups excluding carboxylic acids is 2. The van der Waals surface area contributed by atoms with Crippen LogP contribution >= 0.6 is 0 Å². The highest BCUT2D eigenvalue weighted by Gasteiger charge is 2.30. The van der Waals surface area contributed by atoms with E-state index in [4.69, 9.17) is 4.98 Å². The van der Waals surface area contributed by atoms with E-state index in [-0.39, 0.29) is 17.8 Å². The summed E-state index contributed by atoms with van der Waals surface area (Å²) in [6, 6.07) is 15.5. The Morgan fingerprint density at radius 1 is 0.824 bits per heavy atom. The fraction of sp³-hybridized carbons (Fsp3) is 0.346. The first-order valence-electron chi connectivity index (χ1n) is 11.9. The minimum atomic E-state index is -0.349. The van der Waals surface area contributed by atoms with Gasteiger partial charge in [-0.3, -0.25) is 4.79 Å². The average molecular weight is 462 g/mol. The number of benzene rings is 2. The predicted octanol–water partition coefficient (Wildman–Crippen LogP) is 4.41. The highest BCUT2D eigenvalue weighted by atomic mass is 19.1. The lowest BCUT2D eigenvalue weighted by molar-refractivity contribution is 0.0665. The molecule has 34 heavy (non-hydrogen) atoms. The molecule has 3 heterocycles. The molecule has 5 rings (SSSR count). The van der Waals surface area contributed by atoms with Crippen LogP contribution in [0.3, 0.4) is 0 Å². The molecular formula is C26H28FN5O2. The Morgan fingerprint density at radius 3 is 2.26 bits per heavy atom. The molecule has 2 aliphatic heterocycles. The van der Waals surface area contributed by atoms with Crippen LogP contribution < -0.4 is 5.32 Å². The van der Waals surface area contributed by atoms with Crippen LogP contribution in [0.4, 0.5) is 14.9 Å². The maximum Gasteiger partial charge on any atom is 0.321 e. The van der Waals surface area contributed by atoms with E-state index in [1.807, 2.05) is 30.3 Å². The predicted molar refractivity (Wildman–Crippen MR) is 128 cm³/mol. The highest BCUT2D eigenvalue weighted by molar-refractivity contribution is 5.95. The summed E-state index contributed by atoms with van der Waals surface area (Å²) in [5.41, 5.74) is 3.13. The highest BCUT2D eigenvalue weighted by Crippen LogP contribution is 2.28. The number of carbonyl (C=O) groups is 2. The standard InChI is InChI=1S/C26H28FN5O2/c27-20-10-12-21(13-11-20)28-26(34)31-17-15-30(16-18-31)25(33)23-22-9-5-2-6-14-32(22)24(29-23)19-7-3-1-4-8-19/h1,3-4,7-8,10-13H,2,5-6,9,14-18H2,(H,28,34). The first-order valence-corrected chi connectivity index (χ1v) is 11.9. The number of rotatable bonds is 3. The first-order chi connectivity index (χ1) is 16.6. The van der Waals surface area contributed by atoms with Crippen LogP contribution in [-0.2, 0) is 13.0 Å². The molecule has 2 aliphatic rings. The molecule has 1 N–H and O–H groups in total. The topological polar surface area (TPSA) is 70.5 Å². The van der Waals surface area contributed by atoms with Gasteiger partial charge in [0.15, 0.2) is 0 Å². The summed E-state index contributed by atoms with van der Waals surface area (Å²) in [5, 5.41) is 2.79. The Labute approximate surface area is 198 Å². The summed E-state index contributed by atoms with van der Waals surface area (Å²) in [4.78, 5) is 34.4. The molecule has 0 aliphatic carbocycles. The maximum atomic E-state index is 13.5. The Kier molecular flexibility index (Phi) is 6.29. The number of fused-ring (bicyclic) bond motifs is 1. The van der Waals surface area contributed by atoms with E-state index in [1.165, 1.54) is 24.3 Å². The van der Waals surface area contributed by atoms with Gasteiger partial charge in [0.2, 0.25) is 0 Å². The number of imidazole rings is 1. The van der Waals surface area contributed by atoms with Crippen LogP contribution in [-0.4, -0.2) is 57.5 Å². The van der Waals surface area contributed by atoms with Gasteiger partial charge in [0.25, 0.3) is 5.91 Å². The second kappa shape index (κ2) is 9.67. The lowest BCUT2D eigenvalue weighted by atomic mass is 10.1. The Bertz CT molecular complexity index is 1170. The van der Waals surface area contributed by atoms with Crippen LogP contribution in [0, 0.1) is 5.82 Å². The van der Waals surface area contributed by atoms with Gasteiger partial charge < -0.3 is 19.7 Å². The van der Waals surface area contributed by atoms with E-state index >= 15 is 0 Å². The van der Waals surface area contributed by atoms with Crippen molar-refractivity contribution in [3.8, 4) is 11.4 Å². The minimum absolute atomic E-state index is 0.0635. The lowest BCUT2D eigenvalue weighted by Crippen LogP contribution is -2.51. The van der Waals surface area contributed by atoms with Gasteiger partial charge in [-0.15, -0.1) is 0 Å². The molecule has 2 aromatic carbocycles. The molecular weight excluding hydrogens is 433 g/mol. The maximum absolute atomic E-state index is 13.5. The van der Waals surface area contributed by atoms with Crippen molar-refractivity contribution in [2.75, 3.05) is 31.5 Å². The molecule has 0 saturated carbocycles. The summed E-state index contributed by atoms with van der Waals surface area (Å²) in [5.74, 6) is 0.447. The number of anilines is 1. The van der Waals surface area contributed by atoms with E-state index in [0.717, 1.165) is 49.3 Å². The summed E-state index contributed by atoms with van der Waals surface area (Å²) in [7, 11) is 0. The summed E-state index contributed by atoms with van der Waals surface area (Å²) < 4.78 is 15.3. The molecule has 0 radical (unpaired) electrons. The van der Waals surface area contributed by atoms with E-state index < -0.39 is 0 Å². The van der Waals surface area contributed by atoms with Crippen LogP contribution in [0.25, 0.3) is 11.4 Å². The van der Waals surface area contributed by atoms with Gasteiger partial charge in [-0.05, 0) is 43.5 Å². The van der Waals surface area contributed by atoms with Gasteiger partial charge >= 0.3 is 6.03 Å². The fourth-order valence-electron chi connectivity index (χ4n) is 4.70. The third kappa shape index (κ3) is 4.53. The molecule has 176 valence electrons. The van der Waals surface area contributed by atoms with Crippen molar-refractivity contribution in [3.05, 3.63) is 71.8 Å². The summed E-state index contributed by atoms with van der Waals surface area (Å²) >= 11 is 0. The molecule has 3 aromatic rings. The second-order valence-electron chi connectivity index (χ2n) is 8.78. The van der Waals surface area contributed by atoms with Crippen molar-refractivity contribution >= 4 is 17.6 Å². The second-order valence-corrected chi connectivity index (χ2v) is 8.78. The molecule has 3 amide bonds. The van der Waals surface area contributed by atoms with Crippen molar-refractivity contribution in [2.24, 2.45) is 0 Å². The van der Waals surface area contributed by atoms with Gasteiger partial charge in [-0.2, -0.15) is 0 Å². The fourth-order valence-corrected chi connectivity index (χ4v) is 4.70. The number of piperazine rings is 1. The van der Waals surface area contributed by atoms with Gasteiger partial charge in [0.05, 0.1) is 5.69 Å². The first kappa shape index (κ1) is 22.1. The molecule has 0 atom stereocenters. The van der Waals surface area contributed by atoms with E-state index in [2.05, 4.69) is 9.88 Å². The molecule has 0 bridgehead atoms. The summed E-state index contributed by atoms with van der Waals surface area (Å²) in [6.45, 7) is 2.63. The van der Waals surface area contributed by atoms with E-state index in [0.29, 0.717) is 37.6 Å². The van der Waals surface area contributed by atoms with Crippen LogP contribution in [0.2, 0.25) is 0 Å². The number of nitrogens with zero attached hydrogens (tertiary/aromatic N) is 4. The quantitative estimate of drug-likeness (QED) is 0.628. The van der Waals surface area contributed by atoms with Crippen molar-refractivity contribution in [2.45, 2.75) is 32.2 Å². The molecule has 7 nitrogen and oxygen atoms in total. The smallest absolute Gasteiger partial charge is 0.321 e. The van der Waals surface area contributed by atoms with Crippen LogP contribution in [0.15, 0.2) is 54.6 Å². The third-order valence-electron chi connectivity index (χ3n) is 6.55. The molecule has 0 spiro atoms. The monoisotopic (exact) mass is 461 g/mol. The van der Waals surface area contributed by atoms with Crippen LogP contribution in [0.5, 0.6) is 0 Å². The van der Waals surface area contributed by atoms with Crippen LogP contribution in [0.1, 0.15) is 35.4 Å². The number of nitrogens with one attached hydrogen (secondary N) is 1. The van der Waals surface area contributed by atoms with Gasteiger partial charge in [-0.1, -0.05) is 36.8 Å². The molecule has 1 fully saturated rings. The SMILES string of the molecule is O=C(Nc1ccc(F)cc1)N1CCN(C(=O)c2nc(-c3ccccc3)n3c2CCCCC3)CC1. The van der Waals surface area contributed by atoms with Crippen molar-refractivity contribution in [1.29, 1.82) is 0 Å². The van der Waals surface area contributed by atoms with E-state index in [1.54, 1.807) is 9.80 Å². The Morgan fingerprint density at radius 2 is 1.53 bits per heavy atom. The molecule has 0 unspecified atom stereocenters. The van der Waals surface area contributed by atoms with Gasteiger partial charge in [0.1, 0.15) is 17.3 Å². The lowest BCUT2D eigenvalue weighted by Gasteiger charge is -2.34. The number of aromatic nitrogens is 2. The van der Waals surface area contributed by atoms with Crippen molar-refractivity contribution in [3.63, 3.8) is 0 Å². The average Bonchev–Trinajstić information content (AvgIpc) is 3.06. The van der Waals surface area contributed by atoms with Gasteiger partial charge in [-0.25, -0.2) is 14.2 Å². The third-order valence-corrected chi connectivity index (χ3v) is 6.55. The number of urea groups is 1. The largest absolute Gasteiger partial charge is 0.334 e. The number of hydrogen-bond donors (Lipinski definition) is 1. The normalized spacial score (nSPS) is 16.0. The van der Waals surface area contributed by atoms with Crippen molar-refractivity contribution < 1.29 is 14.0 Å². The zero-order chi connectivity index (χ0) is 23.5. The molecule has 8 heteroatoms. The minimum Gasteiger partial charge on any atom is -0.334 e. The zero-order valence-corrected chi connectivity index (χ0v) is 19.0. The van der Waals surface area contributed by atoms with Crippen molar-refractivity contribution in [1.82, 2.24) is 19.4 Å². The van der Waals surface area contributed by atoms with Gasteiger partial charge in [0, 0.05) is 44.0 Å². The summed E-state index contributed by atoms with van der Waals surface area (Å²) in [6.07, 6.45) is 4.13. The number of hydrogen-bond acceptors (Lipinski definition) is 3. The Balaban J connectivity index is 1.29. The molecule has 1 saturated heterocycles. The zero-order valence-electron chi connectivity index (χ0n) is 19.0. The molecule has 1 aromatic heterocycles. The van der Waals surface area contributed by atoms with E-state index in [9.17, 15) is 14.0 Å². The Hall–Kier alpha value is -3.68. The number of halogens is 1. The number of amides is 3.